The highest BCUT2D eigenvalue weighted by atomic mass is 32.2. The molecule has 0 saturated heterocycles. The lowest BCUT2D eigenvalue weighted by atomic mass is 10.0. The Hall–Kier alpha value is -1.02. The van der Waals surface area contributed by atoms with E-state index < -0.39 is 0 Å². The van der Waals surface area contributed by atoms with E-state index in [4.69, 9.17) is 0 Å². The number of thioether (sulfide) groups is 1. The van der Waals surface area contributed by atoms with Crippen molar-refractivity contribution in [3.8, 4) is 0 Å². The Morgan fingerprint density at radius 2 is 2.12 bits per heavy atom. The molecule has 1 aromatic carbocycles. The first kappa shape index (κ1) is 12.4. The SMILES string of the molecule is CCSC/C=C1/CCCc2ccccc2C1=O. The fraction of sp³-hybridized carbons (Fsp3) is 0.400. The third-order valence-electron chi connectivity index (χ3n) is 3.10. The Labute approximate surface area is 107 Å². The summed E-state index contributed by atoms with van der Waals surface area (Å²) in [7, 11) is 0. The fourth-order valence-corrected chi connectivity index (χ4v) is 2.74. The summed E-state index contributed by atoms with van der Waals surface area (Å²) in [5.74, 6) is 2.31. The molecule has 0 saturated carbocycles. The molecule has 1 aromatic rings. The summed E-state index contributed by atoms with van der Waals surface area (Å²) in [4.78, 5) is 12.4. The van der Waals surface area contributed by atoms with Gasteiger partial charge in [0.05, 0.1) is 0 Å². The zero-order valence-electron chi connectivity index (χ0n) is 10.2. The number of Topliss-reactive ketones (excluding diaryl/α,β-unsaturated/α-hetero) is 1. The van der Waals surface area contributed by atoms with Crippen LogP contribution in [0, 0.1) is 0 Å². The number of allylic oxidation sites excluding steroid dienone is 1. The predicted molar refractivity (Wildman–Crippen MR) is 74.8 cm³/mol. The number of fused-ring (bicyclic) bond motifs is 1. The second-order valence-electron chi connectivity index (χ2n) is 4.23. The quantitative estimate of drug-likeness (QED) is 0.457. The lowest BCUT2D eigenvalue weighted by Gasteiger charge is -2.04. The first-order chi connectivity index (χ1) is 8.33. The number of aryl methyl sites for hydroxylation is 1. The van der Waals surface area contributed by atoms with Crippen molar-refractivity contribution >= 4 is 17.5 Å². The van der Waals surface area contributed by atoms with Crippen LogP contribution >= 0.6 is 11.8 Å². The van der Waals surface area contributed by atoms with Gasteiger partial charge in [0, 0.05) is 11.3 Å². The summed E-state index contributed by atoms with van der Waals surface area (Å²) < 4.78 is 0. The number of hydrogen-bond donors (Lipinski definition) is 0. The highest BCUT2D eigenvalue weighted by Gasteiger charge is 2.18. The van der Waals surface area contributed by atoms with Crippen LogP contribution in [0.3, 0.4) is 0 Å². The van der Waals surface area contributed by atoms with Crippen molar-refractivity contribution in [3.05, 3.63) is 47.0 Å². The predicted octanol–water partition coefficient (Wildman–Crippen LogP) is 3.89. The van der Waals surface area contributed by atoms with Gasteiger partial charge in [-0.15, -0.1) is 0 Å². The molecular formula is C15H18OS. The average molecular weight is 246 g/mol. The molecule has 0 radical (unpaired) electrons. The first-order valence-electron chi connectivity index (χ1n) is 6.22. The van der Waals surface area contributed by atoms with Crippen molar-refractivity contribution in [1.29, 1.82) is 0 Å². The van der Waals surface area contributed by atoms with Gasteiger partial charge in [0.25, 0.3) is 0 Å². The zero-order chi connectivity index (χ0) is 12.1. The minimum Gasteiger partial charge on any atom is -0.289 e. The van der Waals surface area contributed by atoms with Gasteiger partial charge in [-0.05, 0) is 36.2 Å². The van der Waals surface area contributed by atoms with Gasteiger partial charge in [0.2, 0.25) is 0 Å². The number of ketones is 1. The molecule has 0 unspecified atom stereocenters. The Bertz CT molecular complexity index is 434. The zero-order valence-corrected chi connectivity index (χ0v) is 11.1. The molecule has 0 bridgehead atoms. The Morgan fingerprint density at radius 3 is 2.94 bits per heavy atom. The van der Waals surface area contributed by atoms with Gasteiger partial charge in [-0.1, -0.05) is 37.3 Å². The molecule has 0 amide bonds. The van der Waals surface area contributed by atoms with Crippen LogP contribution in [0.4, 0.5) is 0 Å². The molecule has 0 aromatic heterocycles. The van der Waals surface area contributed by atoms with E-state index in [1.54, 1.807) is 0 Å². The van der Waals surface area contributed by atoms with E-state index >= 15 is 0 Å². The first-order valence-corrected chi connectivity index (χ1v) is 7.37. The van der Waals surface area contributed by atoms with E-state index in [0.717, 1.165) is 41.9 Å². The van der Waals surface area contributed by atoms with Crippen molar-refractivity contribution in [2.75, 3.05) is 11.5 Å². The van der Waals surface area contributed by atoms with E-state index in [1.807, 2.05) is 30.0 Å². The number of carbonyl (C=O) groups excluding carboxylic acids is 1. The van der Waals surface area contributed by atoms with Gasteiger partial charge >= 0.3 is 0 Å². The second-order valence-corrected chi connectivity index (χ2v) is 5.55. The van der Waals surface area contributed by atoms with Gasteiger partial charge in [0.1, 0.15) is 0 Å². The second kappa shape index (κ2) is 6.06. The van der Waals surface area contributed by atoms with Crippen molar-refractivity contribution in [2.24, 2.45) is 0 Å². The lowest BCUT2D eigenvalue weighted by molar-refractivity contribution is 0.103. The Morgan fingerprint density at radius 1 is 1.29 bits per heavy atom. The summed E-state index contributed by atoms with van der Waals surface area (Å²) in [6, 6.07) is 8.02. The lowest BCUT2D eigenvalue weighted by Crippen LogP contribution is -2.03. The van der Waals surface area contributed by atoms with Gasteiger partial charge in [-0.2, -0.15) is 11.8 Å². The van der Waals surface area contributed by atoms with Gasteiger partial charge in [-0.25, -0.2) is 0 Å². The van der Waals surface area contributed by atoms with Crippen LogP contribution in [0.1, 0.15) is 35.7 Å². The molecule has 1 aliphatic carbocycles. The van der Waals surface area contributed by atoms with E-state index in [-0.39, 0.29) is 5.78 Å². The molecule has 1 aliphatic rings. The van der Waals surface area contributed by atoms with Crippen molar-refractivity contribution in [3.63, 3.8) is 0 Å². The molecule has 0 fully saturated rings. The fourth-order valence-electron chi connectivity index (χ4n) is 2.19. The molecule has 0 atom stereocenters. The normalized spacial score (nSPS) is 17.9. The van der Waals surface area contributed by atoms with E-state index in [1.165, 1.54) is 5.56 Å². The highest BCUT2D eigenvalue weighted by molar-refractivity contribution is 7.99. The molecule has 2 rings (SSSR count). The van der Waals surface area contributed by atoms with Gasteiger partial charge in [0.15, 0.2) is 5.78 Å². The van der Waals surface area contributed by atoms with Crippen molar-refractivity contribution in [2.45, 2.75) is 26.2 Å². The summed E-state index contributed by atoms with van der Waals surface area (Å²) in [5.41, 5.74) is 3.14. The van der Waals surface area contributed by atoms with Crippen LogP contribution < -0.4 is 0 Å². The molecular weight excluding hydrogens is 228 g/mol. The van der Waals surface area contributed by atoms with Crippen molar-refractivity contribution in [1.82, 2.24) is 0 Å². The summed E-state index contributed by atoms with van der Waals surface area (Å²) >= 11 is 1.86. The minimum atomic E-state index is 0.245. The van der Waals surface area contributed by atoms with Crippen LogP contribution in [0.5, 0.6) is 0 Å². The molecule has 0 aliphatic heterocycles. The number of benzene rings is 1. The maximum Gasteiger partial charge on any atom is 0.188 e. The summed E-state index contributed by atoms with van der Waals surface area (Å²) in [5, 5.41) is 0. The molecule has 0 heterocycles. The van der Waals surface area contributed by atoms with E-state index in [2.05, 4.69) is 19.1 Å². The van der Waals surface area contributed by atoms with Crippen LogP contribution in [0.25, 0.3) is 0 Å². The number of carbonyl (C=O) groups is 1. The summed E-state index contributed by atoms with van der Waals surface area (Å²) in [6.45, 7) is 2.15. The third kappa shape index (κ3) is 3.01. The largest absolute Gasteiger partial charge is 0.289 e. The van der Waals surface area contributed by atoms with Gasteiger partial charge < -0.3 is 0 Å². The smallest absolute Gasteiger partial charge is 0.188 e. The average Bonchev–Trinajstić information content (AvgIpc) is 2.51. The molecule has 1 nitrogen and oxygen atoms in total. The minimum absolute atomic E-state index is 0.245. The Balaban J connectivity index is 2.23. The van der Waals surface area contributed by atoms with E-state index in [0.29, 0.717) is 0 Å². The van der Waals surface area contributed by atoms with Crippen LogP contribution in [0.2, 0.25) is 0 Å². The third-order valence-corrected chi connectivity index (χ3v) is 3.91. The Kier molecular flexibility index (Phi) is 4.43. The number of hydrogen-bond acceptors (Lipinski definition) is 2. The molecule has 0 N–H and O–H groups in total. The molecule has 17 heavy (non-hydrogen) atoms. The molecule has 0 spiro atoms. The van der Waals surface area contributed by atoms with Crippen LogP contribution in [0.15, 0.2) is 35.9 Å². The van der Waals surface area contributed by atoms with Crippen molar-refractivity contribution < 1.29 is 4.79 Å². The topological polar surface area (TPSA) is 17.1 Å². The van der Waals surface area contributed by atoms with E-state index in [9.17, 15) is 4.79 Å². The summed E-state index contributed by atoms with van der Waals surface area (Å²) in [6.07, 6.45) is 5.17. The number of rotatable bonds is 3. The van der Waals surface area contributed by atoms with Crippen LogP contribution in [-0.4, -0.2) is 17.3 Å². The highest BCUT2D eigenvalue weighted by Crippen LogP contribution is 2.24. The standard InChI is InChI=1S/C15H18OS/c1-2-17-11-10-13-8-5-7-12-6-3-4-9-14(12)15(13)16/h3-4,6,9-10H,2,5,7-8,11H2,1H3/b13-10-. The maximum atomic E-state index is 12.4. The van der Waals surface area contributed by atoms with Gasteiger partial charge in [-0.3, -0.25) is 4.79 Å². The van der Waals surface area contributed by atoms with Crippen LogP contribution in [-0.2, 0) is 6.42 Å². The molecule has 2 heteroatoms. The molecule has 90 valence electrons. The monoisotopic (exact) mass is 246 g/mol. The maximum absolute atomic E-state index is 12.4.